The summed E-state index contributed by atoms with van der Waals surface area (Å²) in [5.74, 6) is 0.0317. The first kappa shape index (κ1) is 16.2. The number of ketones is 1. The maximum atomic E-state index is 12.4. The molecule has 5 nitrogen and oxygen atoms in total. The molecular weight excluding hydrogens is 304 g/mol. The number of piperidine rings is 1. The fourth-order valence-corrected chi connectivity index (χ4v) is 2.66. The van der Waals surface area contributed by atoms with Gasteiger partial charge in [0.25, 0.3) is 0 Å². The van der Waals surface area contributed by atoms with Crippen LogP contribution in [0.3, 0.4) is 0 Å². The molecule has 2 aromatic carbocycles. The summed E-state index contributed by atoms with van der Waals surface area (Å²) < 4.78 is 0. The molecule has 5 heteroatoms. The van der Waals surface area contributed by atoms with Gasteiger partial charge in [-0.15, -0.1) is 0 Å². The summed E-state index contributed by atoms with van der Waals surface area (Å²) in [6.07, 6.45) is 0.0221. The third kappa shape index (κ3) is 4.20. The average molecular weight is 324 g/mol. The van der Waals surface area contributed by atoms with Crippen molar-refractivity contribution in [3.63, 3.8) is 0 Å². The number of carbonyl (C=O) groups excluding carboxylic acids is 2. The minimum Gasteiger partial charge on any atom is -0.339 e. The Morgan fingerprint density at radius 2 is 1.75 bits per heavy atom. The number of para-hydroxylation sites is 1. The fraction of sp³-hybridized carbons (Fsp3) is 0.263. The summed E-state index contributed by atoms with van der Waals surface area (Å²) >= 11 is 0. The van der Waals surface area contributed by atoms with E-state index < -0.39 is 6.10 Å². The van der Waals surface area contributed by atoms with E-state index in [1.807, 2.05) is 60.7 Å². The highest BCUT2D eigenvalue weighted by atomic mass is 16.7. The maximum absolute atomic E-state index is 12.4. The Hall–Kier alpha value is -2.66. The number of amides is 1. The van der Waals surface area contributed by atoms with E-state index >= 15 is 0 Å². The van der Waals surface area contributed by atoms with E-state index in [4.69, 9.17) is 4.84 Å². The van der Waals surface area contributed by atoms with Crippen molar-refractivity contribution < 1.29 is 14.4 Å². The monoisotopic (exact) mass is 324 g/mol. The summed E-state index contributed by atoms with van der Waals surface area (Å²) in [6.45, 7) is 0.736. The van der Waals surface area contributed by atoms with Crippen molar-refractivity contribution in [3.8, 4) is 0 Å². The summed E-state index contributed by atoms with van der Waals surface area (Å²) in [5.41, 5.74) is 4.54. The van der Waals surface area contributed by atoms with Crippen molar-refractivity contribution in [1.82, 2.24) is 4.90 Å². The first-order chi connectivity index (χ1) is 11.7. The molecule has 2 aromatic rings. The molecule has 1 N–H and O–H groups in total. The Bertz CT molecular complexity index is 688. The lowest BCUT2D eigenvalue weighted by Crippen LogP contribution is -2.49. The quantitative estimate of drug-likeness (QED) is 0.858. The summed E-state index contributed by atoms with van der Waals surface area (Å²) in [4.78, 5) is 31.7. The van der Waals surface area contributed by atoms with Crippen molar-refractivity contribution in [2.45, 2.75) is 18.9 Å². The van der Waals surface area contributed by atoms with Crippen LogP contribution < -0.4 is 5.48 Å². The third-order valence-electron chi connectivity index (χ3n) is 4.02. The van der Waals surface area contributed by atoms with E-state index in [1.165, 1.54) is 0 Å². The van der Waals surface area contributed by atoms with Gasteiger partial charge in [-0.1, -0.05) is 48.5 Å². The standard InChI is InChI=1S/C19H20N2O3/c22-17-11-12-21(19(23)13-15-7-3-1-4-8-15)14-18(17)24-20-16-9-5-2-6-10-16/h1-10,18,20H,11-14H2. The largest absolute Gasteiger partial charge is 0.339 e. The second-order valence-electron chi connectivity index (χ2n) is 5.79. The number of carbonyl (C=O) groups is 2. The van der Waals surface area contributed by atoms with Crippen LogP contribution in [-0.4, -0.2) is 35.8 Å². The predicted octanol–water partition coefficient (Wildman–Crippen LogP) is 2.44. The molecule has 0 aromatic heterocycles. The third-order valence-corrected chi connectivity index (χ3v) is 4.02. The Morgan fingerprint density at radius 1 is 1.08 bits per heavy atom. The van der Waals surface area contributed by atoms with E-state index in [-0.39, 0.29) is 18.2 Å². The number of anilines is 1. The van der Waals surface area contributed by atoms with E-state index in [0.717, 1.165) is 11.3 Å². The highest BCUT2D eigenvalue weighted by molar-refractivity contribution is 5.87. The molecule has 0 spiro atoms. The minimum atomic E-state index is -0.640. The molecule has 1 heterocycles. The number of nitrogens with zero attached hydrogens (tertiary/aromatic N) is 1. The Kier molecular flexibility index (Phi) is 5.23. The van der Waals surface area contributed by atoms with Crippen LogP contribution in [0.15, 0.2) is 60.7 Å². The lowest BCUT2D eigenvalue weighted by Gasteiger charge is -2.31. The minimum absolute atomic E-state index is 0.0158. The first-order valence-corrected chi connectivity index (χ1v) is 8.03. The van der Waals surface area contributed by atoms with Crippen molar-refractivity contribution in [3.05, 3.63) is 66.2 Å². The van der Waals surface area contributed by atoms with Crippen LogP contribution >= 0.6 is 0 Å². The number of nitrogens with one attached hydrogen (secondary N) is 1. The van der Waals surface area contributed by atoms with Gasteiger partial charge in [-0.2, -0.15) is 0 Å². The van der Waals surface area contributed by atoms with E-state index in [1.54, 1.807) is 4.90 Å². The number of Topliss-reactive ketones (excluding diaryl/α,β-unsaturated/α-hetero) is 1. The van der Waals surface area contributed by atoms with E-state index in [0.29, 0.717) is 19.4 Å². The van der Waals surface area contributed by atoms with Gasteiger partial charge >= 0.3 is 0 Å². The van der Waals surface area contributed by atoms with Crippen molar-refractivity contribution in [1.29, 1.82) is 0 Å². The van der Waals surface area contributed by atoms with Crippen LogP contribution in [0.25, 0.3) is 0 Å². The van der Waals surface area contributed by atoms with Gasteiger partial charge in [0.05, 0.1) is 18.7 Å². The van der Waals surface area contributed by atoms with E-state index in [2.05, 4.69) is 5.48 Å². The lowest BCUT2D eigenvalue weighted by molar-refractivity contribution is -0.141. The summed E-state index contributed by atoms with van der Waals surface area (Å²) in [5, 5.41) is 0. The van der Waals surface area contributed by atoms with Gasteiger partial charge in [0.15, 0.2) is 11.9 Å². The molecule has 1 aliphatic heterocycles. The molecule has 0 saturated carbocycles. The van der Waals surface area contributed by atoms with Gasteiger partial charge in [-0.25, -0.2) is 0 Å². The van der Waals surface area contributed by atoms with Crippen LogP contribution in [0.1, 0.15) is 12.0 Å². The molecule has 0 aliphatic carbocycles. The zero-order valence-electron chi connectivity index (χ0n) is 13.4. The maximum Gasteiger partial charge on any atom is 0.227 e. The molecule has 1 amide bonds. The zero-order chi connectivity index (χ0) is 16.8. The molecule has 1 unspecified atom stereocenters. The normalized spacial score (nSPS) is 17.6. The van der Waals surface area contributed by atoms with Crippen LogP contribution in [0.4, 0.5) is 5.69 Å². The molecule has 0 bridgehead atoms. The van der Waals surface area contributed by atoms with Gasteiger partial charge in [0.1, 0.15) is 0 Å². The number of likely N-dealkylation sites (tertiary alicyclic amines) is 1. The molecule has 0 radical (unpaired) electrons. The van der Waals surface area contributed by atoms with Gasteiger partial charge < -0.3 is 4.90 Å². The SMILES string of the molecule is O=C1CCN(C(=O)Cc2ccccc2)CC1ONc1ccccc1. The zero-order valence-corrected chi connectivity index (χ0v) is 13.4. The molecule has 1 fully saturated rings. The van der Waals surface area contributed by atoms with Crippen molar-refractivity contribution in [2.75, 3.05) is 18.6 Å². The topological polar surface area (TPSA) is 58.6 Å². The second kappa shape index (κ2) is 7.75. The summed E-state index contributed by atoms with van der Waals surface area (Å²) in [7, 11) is 0. The fourth-order valence-electron chi connectivity index (χ4n) is 2.66. The molecule has 1 saturated heterocycles. The lowest BCUT2D eigenvalue weighted by atomic mass is 10.1. The Labute approximate surface area is 141 Å². The molecule has 24 heavy (non-hydrogen) atoms. The Balaban J connectivity index is 1.56. The van der Waals surface area contributed by atoms with Crippen LogP contribution in [0.5, 0.6) is 0 Å². The van der Waals surface area contributed by atoms with E-state index in [9.17, 15) is 9.59 Å². The smallest absolute Gasteiger partial charge is 0.227 e. The van der Waals surface area contributed by atoms with Gasteiger partial charge in [-0.3, -0.25) is 19.9 Å². The average Bonchev–Trinajstić information content (AvgIpc) is 2.62. The number of rotatable bonds is 5. The van der Waals surface area contributed by atoms with Gasteiger partial charge in [0.2, 0.25) is 5.91 Å². The van der Waals surface area contributed by atoms with Crippen LogP contribution in [0, 0.1) is 0 Å². The van der Waals surface area contributed by atoms with Crippen molar-refractivity contribution in [2.24, 2.45) is 0 Å². The number of benzene rings is 2. The molecule has 1 atom stereocenters. The highest BCUT2D eigenvalue weighted by Gasteiger charge is 2.30. The van der Waals surface area contributed by atoms with Crippen molar-refractivity contribution >= 4 is 17.4 Å². The predicted molar refractivity (Wildman–Crippen MR) is 91.3 cm³/mol. The van der Waals surface area contributed by atoms with Gasteiger partial charge in [0, 0.05) is 13.0 Å². The van der Waals surface area contributed by atoms with Crippen LogP contribution in [-0.2, 0) is 20.8 Å². The molecular formula is C19H20N2O3. The Morgan fingerprint density at radius 3 is 2.46 bits per heavy atom. The van der Waals surface area contributed by atoms with Gasteiger partial charge in [-0.05, 0) is 17.7 Å². The highest BCUT2D eigenvalue weighted by Crippen LogP contribution is 2.14. The molecule has 3 rings (SSSR count). The number of hydrogen-bond acceptors (Lipinski definition) is 4. The van der Waals surface area contributed by atoms with Crippen LogP contribution in [0.2, 0.25) is 0 Å². The first-order valence-electron chi connectivity index (χ1n) is 8.03. The summed E-state index contributed by atoms with van der Waals surface area (Å²) in [6, 6.07) is 19.0. The second-order valence-corrected chi connectivity index (χ2v) is 5.79. The molecule has 1 aliphatic rings. The molecule has 124 valence electrons. The number of hydrogen-bond donors (Lipinski definition) is 1.